The van der Waals surface area contributed by atoms with Gasteiger partial charge in [0, 0.05) is 24.0 Å². The molecule has 0 saturated carbocycles. The molecule has 0 aliphatic rings. The van der Waals surface area contributed by atoms with Crippen LogP contribution in [0.2, 0.25) is 0 Å². The molecule has 6 heteroatoms. The third kappa shape index (κ3) is 3.35. The molecule has 1 N–H and O–H groups in total. The Morgan fingerprint density at radius 3 is 2.67 bits per heavy atom. The van der Waals surface area contributed by atoms with E-state index in [0.29, 0.717) is 18.3 Å². The second kappa shape index (κ2) is 5.88. The van der Waals surface area contributed by atoms with Gasteiger partial charge in [0.05, 0.1) is 6.54 Å². The largest absolute Gasteiger partial charge is 0.334 e. The van der Waals surface area contributed by atoms with Crippen molar-refractivity contribution in [2.24, 2.45) is 0 Å². The van der Waals surface area contributed by atoms with Gasteiger partial charge in [-0.1, -0.05) is 22.9 Å². The Hall–Kier alpha value is -2.47. The number of rotatable bonds is 5. The lowest BCUT2D eigenvalue weighted by atomic mass is 10.1. The van der Waals surface area contributed by atoms with Crippen molar-refractivity contribution in [2.45, 2.75) is 20.0 Å². The highest BCUT2D eigenvalue weighted by molar-refractivity contribution is 5.53. The summed E-state index contributed by atoms with van der Waals surface area (Å²) in [6.45, 7) is 3.43. The van der Waals surface area contributed by atoms with Crippen LogP contribution >= 0.6 is 0 Å². The van der Waals surface area contributed by atoms with Crippen LogP contribution in [0.25, 0.3) is 11.5 Å². The Bertz CT molecular complexity index is 687. The first-order valence-electron chi connectivity index (χ1n) is 6.77. The number of H-pyrrole nitrogens is 1. The maximum absolute atomic E-state index is 5.32. The van der Waals surface area contributed by atoms with Crippen molar-refractivity contribution in [3.8, 4) is 11.5 Å². The summed E-state index contributed by atoms with van der Waals surface area (Å²) in [6.07, 6.45) is 1.74. The van der Waals surface area contributed by atoms with Crippen molar-refractivity contribution < 1.29 is 4.52 Å². The summed E-state index contributed by atoms with van der Waals surface area (Å²) in [7, 11) is 2.00. The van der Waals surface area contributed by atoms with Gasteiger partial charge in [0.1, 0.15) is 0 Å². The SMILES string of the molecule is Cc1ccc(-c2nc(CN(C)Cc3ccn[nH]3)no2)cc1. The zero-order valence-electron chi connectivity index (χ0n) is 12.1. The van der Waals surface area contributed by atoms with Gasteiger partial charge in [-0.25, -0.2) is 0 Å². The van der Waals surface area contributed by atoms with Crippen LogP contribution in [0.15, 0.2) is 41.1 Å². The molecule has 3 rings (SSSR count). The molecular weight excluding hydrogens is 266 g/mol. The molecule has 0 aliphatic heterocycles. The number of aromatic nitrogens is 4. The van der Waals surface area contributed by atoms with Crippen molar-refractivity contribution in [3.63, 3.8) is 0 Å². The second-order valence-electron chi connectivity index (χ2n) is 5.14. The molecule has 0 bridgehead atoms. The van der Waals surface area contributed by atoms with Gasteiger partial charge in [0.2, 0.25) is 0 Å². The zero-order valence-corrected chi connectivity index (χ0v) is 12.1. The molecule has 1 aromatic carbocycles. The fourth-order valence-corrected chi connectivity index (χ4v) is 2.09. The Morgan fingerprint density at radius 1 is 1.14 bits per heavy atom. The van der Waals surface area contributed by atoms with Crippen LogP contribution in [0, 0.1) is 6.92 Å². The summed E-state index contributed by atoms with van der Waals surface area (Å²) in [6, 6.07) is 9.99. The number of aryl methyl sites for hydroxylation is 1. The molecule has 0 fully saturated rings. The molecular formula is C15H17N5O. The van der Waals surface area contributed by atoms with E-state index >= 15 is 0 Å². The third-order valence-corrected chi connectivity index (χ3v) is 3.18. The van der Waals surface area contributed by atoms with Gasteiger partial charge >= 0.3 is 0 Å². The Morgan fingerprint density at radius 2 is 1.95 bits per heavy atom. The average molecular weight is 283 g/mol. The van der Waals surface area contributed by atoms with Crippen LogP contribution in [-0.4, -0.2) is 32.3 Å². The van der Waals surface area contributed by atoms with Crippen molar-refractivity contribution >= 4 is 0 Å². The predicted molar refractivity (Wildman–Crippen MR) is 78.2 cm³/mol. The summed E-state index contributed by atoms with van der Waals surface area (Å²) >= 11 is 0. The van der Waals surface area contributed by atoms with Crippen molar-refractivity contribution in [2.75, 3.05) is 7.05 Å². The van der Waals surface area contributed by atoms with Gasteiger partial charge in [0.25, 0.3) is 5.89 Å². The van der Waals surface area contributed by atoms with Crippen molar-refractivity contribution in [1.29, 1.82) is 0 Å². The number of nitrogens with zero attached hydrogens (tertiary/aromatic N) is 4. The first-order valence-corrected chi connectivity index (χ1v) is 6.77. The van der Waals surface area contributed by atoms with Gasteiger partial charge in [-0.2, -0.15) is 10.1 Å². The molecule has 0 amide bonds. The maximum atomic E-state index is 5.32. The predicted octanol–water partition coefficient (Wildman–Crippen LogP) is 2.40. The summed E-state index contributed by atoms with van der Waals surface area (Å²) in [5, 5.41) is 10.9. The smallest absolute Gasteiger partial charge is 0.257 e. The van der Waals surface area contributed by atoms with E-state index in [1.807, 2.05) is 44.3 Å². The molecule has 0 radical (unpaired) electrons. The number of hydrogen-bond donors (Lipinski definition) is 1. The maximum Gasteiger partial charge on any atom is 0.257 e. The summed E-state index contributed by atoms with van der Waals surface area (Å²) in [4.78, 5) is 6.53. The quantitative estimate of drug-likeness (QED) is 0.778. The van der Waals surface area contributed by atoms with Crippen molar-refractivity contribution in [1.82, 2.24) is 25.2 Å². The van der Waals surface area contributed by atoms with Gasteiger partial charge in [-0.3, -0.25) is 10.00 Å². The van der Waals surface area contributed by atoms with E-state index in [2.05, 4.69) is 25.2 Å². The third-order valence-electron chi connectivity index (χ3n) is 3.18. The van der Waals surface area contributed by atoms with E-state index in [-0.39, 0.29) is 0 Å². The molecule has 6 nitrogen and oxygen atoms in total. The summed E-state index contributed by atoms with van der Waals surface area (Å²) in [5.74, 6) is 1.23. The second-order valence-corrected chi connectivity index (χ2v) is 5.14. The Kier molecular flexibility index (Phi) is 3.79. The van der Waals surface area contributed by atoms with Crippen LogP contribution in [0.3, 0.4) is 0 Å². The molecule has 21 heavy (non-hydrogen) atoms. The van der Waals surface area contributed by atoms with Crippen molar-refractivity contribution in [3.05, 3.63) is 53.6 Å². The molecule has 0 atom stereocenters. The van der Waals surface area contributed by atoms with Gasteiger partial charge < -0.3 is 4.52 Å². The zero-order chi connectivity index (χ0) is 14.7. The van der Waals surface area contributed by atoms with Crippen LogP contribution in [-0.2, 0) is 13.1 Å². The van der Waals surface area contributed by atoms with E-state index in [1.54, 1.807) is 6.20 Å². The highest BCUT2D eigenvalue weighted by atomic mass is 16.5. The molecule has 2 heterocycles. The minimum absolute atomic E-state index is 0.556. The fourth-order valence-electron chi connectivity index (χ4n) is 2.09. The summed E-state index contributed by atoms with van der Waals surface area (Å²) < 4.78 is 5.32. The monoisotopic (exact) mass is 283 g/mol. The molecule has 108 valence electrons. The number of aromatic amines is 1. The van der Waals surface area contributed by atoms with Crippen LogP contribution < -0.4 is 0 Å². The molecule has 0 spiro atoms. The standard InChI is InChI=1S/C15H17N5O/c1-11-3-5-12(6-4-11)15-17-14(19-21-15)10-20(2)9-13-7-8-16-18-13/h3-8H,9-10H2,1-2H3,(H,16,18). The van der Waals surface area contributed by atoms with Gasteiger partial charge in [-0.15, -0.1) is 0 Å². The van der Waals surface area contributed by atoms with Crippen LogP contribution in [0.5, 0.6) is 0 Å². The highest BCUT2D eigenvalue weighted by Gasteiger charge is 2.11. The summed E-state index contributed by atoms with van der Waals surface area (Å²) in [5.41, 5.74) is 3.20. The van der Waals surface area contributed by atoms with Crippen LogP contribution in [0.4, 0.5) is 0 Å². The molecule has 2 aromatic heterocycles. The Balaban J connectivity index is 1.66. The molecule has 0 saturated heterocycles. The first kappa shape index (κ1) is 13.5. The molecule has 3 aromatic rings. The normalized spacial score (nSPS) is 11.2. The molecule has 0 unspecified atom stereocenters. The first-order chi connectivity index (χ1) is 10.2. The number of hydrogen-bond acceptors (Lipinski definition) is 5. The van der Waals surface area contributed by atoms with Gasteiger partial charge in [-0.05, 0) is 32.2 Å². The minimum atomic E-state index is 0.556. The highest BCUT2D eigenvalue weighted by Crippen LogP contribution is 2.18. The lowest BCUT2D eigenvalue weighted by Crippen LogP contribution is -2.18. The lowest BCUT2D eigenvalue weighted by Gasteiger charge is -2.12. The number of benzene rings is 1. The van der Waals surface area contributed by atoms with E-state index in [9.17, 15) is 0 Å². The van der Waals surface area contributed by atoms with E-state index in [1.165, 1.54) is 5.56 Å². The topological polar surface area (TPSA) is 70.8 Å². The van der Waals surface area contributed by atoms with Crippen LogP contribution in [0.1, 0.15) is 17.1 Å². The minimum Gasteiger partial charge on any atom is -0.334 e. The van der Waals surface area contributed by atoms with E-state index in [4.69, 9.17) is 4.52 Å². The van der Waals surface area contributed by atoms with Gasteiger partial charge in [0.15, 0.2) is 5.82 Å². The molecule has 0 aliphatic carbocycles. The number of nitrogens with one attached hydrogen (secondary N) is 1. The fraction of sp³-hybridized carbons (Fsp3) is 0.267. The average Bonchev–Trinajstić information content (AvgIpc) is 3.11. The Labute approximate surface area is 122 Å². The lowest BCUT2D eigenvalue weighted by molar-refractivity contribution is 0.298. The van der Waals surface area contributed by atoms with E-state index < -0.39 is 0 Å². The van der Waals surface area contributed by atoms with E-state index in [0.717, 1.165) is 17.8 Å².